The van der Waals surface area contributed by atoms with Crippen molar-refractivity contribution in [3.63, 3.8) is 0 Å². The number of hydrogen-bond acceptors (Lipinski definition) is 14. The molecule has 0 heterocycles. The third-order valence-corrected chi connectivity index (χ3v) is 9.31. The molecular weight excluding hydrogens is 711 g/mol. The van der Waals surface area contributed by atoms with Crippen LogP contribution in [0.3, 0.4) is 0 Å². The molecule has 0 fully saturated rings. The van der Waals surface area contributed by atoms with Gasteiger partial charge in [0, 0.05) is 5.69 Å². The highest BCUT2D eigenvalue weighted by molar-refractivity contribution is 7.91. The van der Waals surface area contributed by atoms with Crippen molar-refractivity contribution in [2.45, 2.75) is 4.90 Å². The highest BCUT2D eigenvalue weighted by Crippen LogP contribution is 2.41. The van der Waals surface area contributed by atoms with E-state index in [4.69, 9.17) is 17.2 Å². The van der Waals surface area contributed by atoms with Gasteiger partial charge in [0.15, 0.2) is 5.71 Å². The first-order chi connectivity index (χ1) is 24.7. The predicted octanol–water partition coefficient (Wildman–Crippen LogP) is 7.07. The Morgan fingerprint density at radius 1 is 0.654 bits per heavy atom. The summed E-state index contributed by atoms with van der Waals surface area (Å²) in [6.07, 6.45) is 0.813. The summed E-state index contributed by atoms with van der Waals surface area (Å²) in [5, 5.41) is 20.3. The van der Waals surface area contributed by atoms with Crippen molar-refractivity contribution in [3.05, 3.63) is 119 Å². The van der Waals surface area contributed by atoms with Crippen molar-refractivity contribution in [1.29, 1.82) is 0 Å². The Morgan fingerprint density at radius 2 is 1.25 bits per heavy atom. The van der Waals surface area contributed by atoms with Crippen LogP contribution < -0.4 is 22.6 Å². The number of allylic oxidation sites excluding steroid dienone is 1. The number of hydrazone groups is 1. The topological polar surface area (TPSA) is 278 Å². The average molecular weight is 738 g/mol. The zero-order chi connectivity index (χ0) is 37.2. The first kappa shape index (κ1) is 35.2. The lowest BCUT2D eigenvalue weighted by atomic mass is 9.92. The second-order valence-electron chi connectivity index (χ2n) is 11.1. The van der Waals surface area contributed by atoms with Crippen LogP contribution in [0.5, 0.6) is 0 Å². The fourth-order valence-corrected chi connectivity index (χ4v) is 6.39. The van der Waals surface area contributed by atoms with Gasteiger partial charge < -0.3 is 17.2 Å². The van der Waals surface area contributed by atoms with Crippen LogP contribution in [0.2, 0.25) is 0 Å². The van der Waals surface area contributed by atoms with Crippen molar-refractivity contribution >= 4 is 83.3 Å². The molecule has 52 heavy (non-hydrogen) atoms. The Labute approximate surface area is 296 Å². The lowest BCUT2D eigenvalue weighted by Crippen LogP contribution is -2.28. The second kappa shape index (κ2) is 14.0. The van der Waals surface area contributed by atoms with Gasteiger partial charge in [-0.1, -0.05) is 42.5 Å². The molecule has 5 aromatic carbocycles. The van der Waals surface area contributed by atoms with Gasteiger partial charge in [0.25, 0.3) is 20.2 Å². The minimum absolute atomic E-state index is 0.253. The summed E-state index contributed by atoms with van der Waals surface area (Å²) in [5.41, 5.74) is 22.1. The molecule has 0 spiro atoms. The average Bonchev–Trinajstić information content (AvgIpc) is 3.10. The zero-order valence-electron chi connectivity index (χ0n) is 26.6. The first-order valence-electron chi connectivity index (χ1n) is 14.9. The van der Waals surface area contributed by atoms with Crippen molar-refractivity contribution in [1.82, 2.24) is 0 Å². The summed E-state index contributed by atoms with van der Waals surface area (Å²) < 4.78 is 69.3. The van der Waals surface area contributed by atoms with Gasteiger partial charge >= 0.3 is 0 Å². The lowest BCUT2D eigenvalue weighted by molar-refractivity contribution is 0.106. The highest BCUT2D eigenvalue weighted by Gasteiger charge is 2.37. The summed E-state index contributed by atoms with van der Waals surface area (Å²) in [7, 11) is -10.1. The molecule has 262 valence electrons. The zero-order valence-corrected chi connectivity index (χ0v) is 28.2. The fraction of sp³-hybridized carbons (Fsp3) is 0. The van der Waals surface area contributed by atoms with Crippen LogP contribution in [0, 0.1) is 0 Å². The van der Waals surface area contributed by atoms with Crippen LogP contribution in [0.25, 0.3) is 17.2 Å². The van der Waals surface area contributed by atoms with Crippen molar-refractivity contribution in [2.75, 3.05) is 22.6 Å². The maximum absolute atomic E-state index is 13.7. The number of nitrogens with two attached hydrogens (primary N) is 3. The quantitative estimate of drug-likeness (QED) is 0.0385. The highest BCUT2D eigenvalue weighted by atomic mass is 32.2. The molecule has 6 rings (SSSR count). The van der Waals surface area contributed by atoms with E-state index in [-0.39, 0.29) is 16.8 Å². The number of carbonyl (C=O) groups excluding carboxylic acids is 1. The van der Waals surface area contributed by atoms with Gasteiger partial charge in [0.1, 0.15) is 21.2 Å². The van der Waals surface area contributed by atoms with E-state index in [1.807, 2.05) is 12.1 Å². The molecule has 0 amide bonds. The number of ketones is 1. The number of azo groups is 2. The van der Waals surface area contributed by atoms with E-state index >= 15 is 0 Å². The number of nitrogens with zero attached hydrogens (tertiary/aromatic N) is 5. The molecule has 18 heteroatoms. The van der Waals surface area contributed by atoms with Gasteiger partial charge in [-0.05, 0) is 83.4 Å². The van der Waals surface area contributed by atoms with Crippen LogP contribution in [-0.2, 0) is 20.2 Å². The van der Waals surface area contributed by atoms with Crippen molar-refractivity contribution in [3.8, 4) is 11.1 Å². The summed E-state index contributed by atoms with van der Waals surface area (Å²) in [4.78, 5) is 11.9. The Balaban J connectivity index is 1.30. The standard InChI is InChI=1S/C34H27N9O7S2/c35-22-10-15-27(26(36)18-22)41-38-24-11-6-19(7-12-24)20-8-13-25(14-9-20)40-42-32-28(51(45,46)47)16-21-17-29(52(48,49)50)33(34(44)30(21)31(32)37)43-39-23-4-2-1-3-5-23/h1-18,39H,35-37H2,(H,45,46,47)(H,48,49,50)/b41-38?,42-40?,43-33+. The van der Waals surface area contributed by atoms with Crippen LogP contribution in [0.15, 0.2) is 138 Å². The molecule has 9 N–H and O–H groups in total. The van der Waals surface area contributed by atoms with E-state index in [0.29, 0.717) is 28.4 Å². The predicted molar refractivity (Wildman–Crippen MR) is 198 cm³/mol. The molecule has 1 aliphatic rings. The number of rotatable bonds is 9. The molecule has 16 nitrogen and oxygen atoms in total. The molecule has 5 aromatic rings. The van der Waals surface area contributed by atoms with Gasteiger partial charge in [0.05, 0.1) is 34.0 Å². The normalized spacial score (nSPS) is 14.2. The monoisotopic (exact) mass is 737 g/mol. The number of anilines is 4. The summed E-state index contributed by atoms with van der Waals surface area (Å²) in [6, 6.07) is 27.8. The Kier molecular flexibility index (Phi) is 9.46. The maximum atomic E-state index is 13.7. The van der Waals surface area contributed by atoms with Gasteiger partial charge in [-0.25, -0.2) is 0 Å². The minimum Gasteiger partial charge on any atom is -0.399 e. The molecule has 0 radical (unpaired) electrons. The number of carbonyl (C=O) groups is 1. The van der Waals surface area contributed by atoms with Crippen LogP contribution >= 0.6 is 0 Å². The Bertz CT molecular complexity index is 2570. The van der Waals surface area contributed by atoms with E-state index in [1.54, 1.807) is 84.9 Å². The van der Waals surface area contributed by atoms with Crippen molar-refractivity contribution < 1.29 is 30.7 Å². The third kappa shape index (κ3) is 7.59. The molecule has 0 aliphatic heterocycles. The molecule has 0 aromatic heterocycles. The Morgan fingerprint density at radius 3 is 1.81 bits per heavy atom. The van der Waals surface area contributed by atoms with E-state index in [9.17, 15) is 30.7 Å². The summed E-state index contributed by atoms with van der Waals surface area (Å²) in [5.74, 6) is -1.07. The third-order valence-electron chi connectivity index (χ3n) is 7.58. The van der Waals surface area contributed by atoms with Crippen molar-refractivity contribution in [2.24, 2.45) is 25.6 Å². The molecule has 0 saturated carbocycles. The number of nitrogen functional groups attached to an aromatic ring is 3. The van der Waals surface area contributed by atoms with E-state index in [2.05, 4.69) is 31.0 Å². The number of hydrogen-bond donors (Lipinski definition) is 6. The molecular formula is C34H27N9O7S2. The summed E-state index contributed by atoms with van der Waals surface area (Å²) >= 11 is 0. The summed E-state index contributed by atoms with van der Waals surface area (Å²) in [6.45, 7) is 0. The number of fused-ring (bicyclic) bond motifs is 1. The number of para-hydroxylation sites is 1. The SMILES string of the molecule is Nc1ccc(N=Nc2ccc(-c3ccc(N=Nc4c(S(=O)(=O)O)cc5c(c4N)C(=O)/C(=N/Nc4ccccc4)C(S(=O)(=O)O)=C5)cc3)cc2)c(N)c1. The Hall–Kier alpha value is -6.60. The lowest BCUT2D eigenvalue weighted by Gasteiger charge is -2.20. The van der Waals surface area contributed by atoms with Crippen LogP contribution in [0.4, 0.5) is 45.5 Å². The van der Waals surface area contributed by atoms with Gasteiger partial charge in [-0.3, -0.25) is 19.3 Å². The van der Waals surface area contributed by atoms with Crippen LogP contribution in [-0.4, -0.2) is 37.4 Å². The molecule has 0 atom stereocenters. The minimum atomic E-state index is -5.06. The first-order valence-corrected chi connectivity index (χ1v) is 17.8. The van der Waals surface area contributed by atoms with Gasteiger partial charge in [-0.15, -0.1) is 10.2 Å². The number of benzene rings is 5. The van der Waals surface area contributed by atoms with E-state index < -0.39 is 52.9 Å². The number of Topliss-reactive ketones (excluding diaryl/α,β-unsaturated/α-hetero) is 1. The van der Waals surface area contributed by atoms with Gasteiger partial charge in [-0.2, -0.15) is 32.2 Å². The fourth-order valence-electron chi connectivity index (χ4n) is 5.06. The van der Waals surface area contributed by atoms with E-state index in [1.165, 1.54) is 0 Å². The molecule has 1 aliphatic carbocycles. The number of nitrogens with one attached hydrogen (secondary N) is 1. The smallest absolute Gasteiger partial charge is 0.296 e. The largest absolute Gasteiger partial charge is 0.399 e. The molecule has 0 bridgehead atoms. The molecule has 0 unspecified atom stereocenters. The second-order valence-corrected chi connectivity index (χ2v) is 13.9. The molecule has 0 saturated heterocycles. The maximum Gasteiger partial charge on any atom is 0.296 e. The van der Waals surface area contributed by atoms with E-state index in [0.717, 1.165) is 23.3 Å². The van der Waals surface area contributed by atoms with Gasteiger partial charge in [0.2, 0.25) is 5.78 Å². The van der Waals surface area contributed by atoms with Crippen LogP contribution in [0.1, 0.15) is 15.9 Å².